The zero-order valence-electron chi connectivity index (χ0n) is 11.1. The van der Waals surface area contributed by atoms with Crippen molar-refractivity contribution >= 4 is 11.6 Å². The molecule has 0 unspecified atom stereocenters. The number of hydrogen-bond donors (Lipinski definition) is 2. The molecule has 0 saturated heterocycles. The predicted molar refractivity (Wildman–Crippen MR) is 72.0 cm³/mol. The first kappa shape index (κ1) is 13.7. The van der Waals surface area contributed by atoms with E-state index in [0.29, 0.717) is 13.0 Å². The van der Waals surface area contributed by atoms with Gasteiger partial charge >= 0.3 is 0 Å². The number of anilines is 1. The van der Waals surface area contributed by atoms with Crippen molar-refractivity contribution in [3.8, 4) is 0 Å². The molecule has 3 nitrogen and oxygen atoms in total. The van der Waals surface area contributed by atoms with Crippen LogP contribution in [0.4, 0.5) is 5.69 Å². The van der Waals surface area contributed by atoms with Gasteiger partial charge in [-0.05, 0) is 43.0 Å². The molecule has 94 valence electrons. The van der Waals surface area contributed by atoms with Crippen LogP contribution in [0.25, 0.3) is 0 Å². The molecule has 0 atom stereocenters. The fourth-order valence-corrected chi connectivity index (χ4v) is 1.57. The van der Waals surface area contributed by atoms with E-state index < -0.39 is 0 Å². The number of carbonyl (C=O) groups is 1. The van der Waals surface area contributed by atoms with Gasteiger partial charge in [-0.2, -0.15) is 0 Å². The van der Waals surface area contributed by atoms with Crippen molar-refractivity contribution in [3.63, 3.8) is 0 Å². The van der Waals surface area contributed by atoms with Crippen molar-refractivity contribution < 1.29 is 4.79 Å². The molecule has 0 spiro atoms. The Morgan fingerprint density at radius 2 is 2.00 bits per heavy atom. The molecular formula is C14H22N2O. The third-order valence-electron chi connectivity index (χ3n) is 2.86. The zero-order valence-corrected chi connectivity index (χ0v) is 11.1. The number of nitrogens with one attached hydrogen (secondary N) is 1. The summed E-state index contributed by atoms with van der Waals surface area (Å²) in [5.74, 6) is 0.0224. The standard InChI is InChI=1S/C14H22N2O/c1-10-5-6-11(2)12(7-10)16-13(17)8-14(3,4)9-15/h5-7H,8-9,15H2,1-4H3,(H,16,17). The van der Waals surface area contributed by atoms with E-state index in [1.165, 1.54) is 0 Å². The Hall–Kier alpha value is -1.35. The summed E-state index contributed by atoms with van der Waals surface area (Å²) in [4.78, 5) is 11.9. The van der Waals surface area contributed by atoms with E-state index in [2.05, 4.69) is 5.32 Å². The number of amides is 1. The van der Waals surface area contributed by atoms with Crippen LogP contribution < -0.4 is 11.1 Å². The number of hydrogen-bond acceptors (Lipinski definition) is 2. The maximum atomic E-state index is 11.9. The van der Waals surface area contributed by atoms with Crippen LogP contribution in [0.2, 0.25) is 0 Å². The molecule has 1 aromatic rings. The number of aryl methyl sites for hydroxylation is 2. The summed E-state index contributed by atoms with van der Waals surface area (Å²) in [6.07, 6.45) is 0.441. The van der Waals surface area contributed by atoms with Crippen molar-refractivity contribution in [2.75, 3.05) is 11.9 Å². The first-order valence-corrected chi connectivity index (χ1v) is 5.91. The van der Waals surface area contributed by atoms with E-state index in [1.54, 1.807) is 0 Å². The molecule has 1 amide bonds. The monoisotopic (exact) mass is 234 g/mol. The number of rotatable bonds is 4. The maximum Gasteiger partial charge on any atom is 0.224 e. The fraction of sp³-hybridized carbons (Fsp3) is 0.500. The van der Waals surface area contributed by atoms with Crippen LogP contribution >= 0.6 is 0 Å². The lowest BCUT2D eigenvalue weighted by Crippen LogP contribution is -2.29. The molecule has 3 heteroatoms. The Kier molecular flexibility index (Phi) is 4.29. The Labute approximate surface area is 103 Å². The smallest absolute Gasteiger partial charge is 0.224 e. The van der Waals surface area contributed by atoms with Gasteiger partial charge < -0.3 is 11.1 Å². The van der Waals surface area contributed by atoms with Crippen LogP contribution in [0, 0.1) is 19.3 Å². The van der Waals surface area contributed by atoms with Crippen molar-refractivity contribution in [1.29, 1.82) is 0 Å². The van der Waals surface area contributed by atoms with Gasteiger partial charge in [0.15, 0.2) is 0 Å². The number of carbonyl (C=O) groups excluding carboxylic acids is 1. The van der Waals surface area contributed by atoms with Crippen LogP contribution in [-0.2, 0) is 4.79 Å². The molecule has 1 rings (SSSR count). The molecule has 0 fully saturated rings. The quantitative estimate of drug-likeness (QED) is 0.841. The van der Waals surface area contributed by atoms with Crippen LogP contribution in [0.15, 0.2) is 18.2 Å². The SMILES string of the molecule is Cc1ccc(C)c(NC(=O)CC(C)(C)CN)c1. The molecular weight excluding hydrogens is 212 g/mol. The summed E-state index contributed by atoms with van der Waals surface area (Å²) in [5.41, 5.74) is 8.58. The zero-order chi connectivity index (χ0) is 13.1. The van der Waals surface area contributed by atoms with E-state index in [-0.39, 0.29) is 11.3 Å². The third-order valence-corrected chi connectivity index (χ3v) is 2.86. The van der Waals surface area contributed by atoms with E-state index in [0.717, 1.165) is 16.8 Å². The average molecular weight is 234 g/mol. The van der Waals surface area contributed by atoms with Gasteiger partial charge in [-0.15, -0.1) is 0 Å². The highest BCUT2D eigenvalue weighted by molar-refractivity contribution is 5.92. The minimum Gasteiger partial charge on any atom is -0.330 e. The number of nitrogens with two attached hydrogens (primary N) is 1. The lowest BCUT2D eigenvalue weighted by Gasteiger charge is -2.21. The molecule has 3 N–H and O–H groups in total. The van der Waals surface area contributed by atoms with Crippen LogP contribution in [-0.4, -0.2) is 12.5 Å². The fourth-order valence-electron chi connectivity index (χ4n) is 1.57. The molecule has 0 heterocycles. The summed E-state index contributed by atoms with van der Waals surface area (Å²) in [7, 11) is 0. The topological polar surface area (TPSA) is 55.1 Å². The Balaban J connectivity index is 2.71. The van der Waals surface area contributed by atoms with Gasteiger partial charge in [-0.1, -0.05) is 26.0 Å². The summed E-state index contributed by atoms with van der Waals surface area (Å²) >= 11 is 0. The van der Waals surface area contributed by atoms with Gasteiger partial charge in [0.05, 0.1) is 0 Å². The largest absolute Gasteiger partial charge is 0.330 e. The molecule has 0 bridgehead atoms. The maximum absolute atomic E-state index is 11.9. The van der Waals surface area contributed by atoms with E-state index in [9.17, 15) is 4.79 Å². The van der Waals surface area contributed by atoms with Crippen molar-refractivity contribution in [1.82, 2.24) is 0 Å². The highest BCUT2D eigenvalue weighted by atomic mass is 16.1. The molecule has 0 aliphatic heterocycles. The molecule has 0 aliphatic carbocycles. The van der Waals surface area contributed by atoms with Gasteiger partial charge in [0.1, 0.15) is 0 Å². The Bertz CT molecular complexity index is 411. The predicted octanol–water partition coefficient (Wildman–Crippen LogP) is 2.62. The second-order valence-electron chi connectivity index (χ2n) is 5.41. The van der Waals surface area contributed by atoms with Crippen molar-refractivity contribution in [3.05, 3.63) is 29.3 Å². The molecule has 17 heavy (non-hydrogen) atoms. The van der Waals surface area contributed by atoms with E-state index >= 15 is 0 Å². The second kappa shape index (κ2) is 5.32. The second-order valence-corrected chi connectivity index (χ2v) is 5.41. The van der Waals surface area contributed by atoms with Crippen molar-refractivity contribution in [2.45, 2.75) is 34.1 Å². The Morgan fingerprint density at radius 1 is 1.35 bits per heavy atom. The molecule has 0 saturated carbocycles. The molecule has 0 aliphatic rings. The van der Waals surface area contributed by atoms with Gasteiger partial charge in [-0.25, -0.2) is 0 Å². The number of benzene rings is 1. The normalized spacial score (nSPS) is 11.4. The lowest BCUT2D eigenvalue weighted by molar-refractivity contribution is -0.117. The van der Waals surface area contributed by atoms with Gasteiger partial charge in [0.25, 0.3) is 0 Å². The van der Waals surface area contributed by atoms with Gasteiger partial charge in [0, 0.05) is 12.1 Å². The first-order valence-electron chi connectivity index (χ1n) is 5.91. The third kappa shape index (κ3) is 4.19. The average Bonchev–Trinajstić information content (AvgIpc) is 2.23. The van der Waals surface area contributed by atoms with Crippen LogP contribution in [0.3, 0.4) is 0 Å². The molecule has 0 radical (unpaired) electrons. The minimum atomic E-state index is -0.151. The van der Waals surface area contributed by atoms with E-state index in [4.69, 9.17) is 5.73 Å². The summed E-state index contributed by atoms with van der Waals surface area (Å²) in [6, 6.07) is 6.04. The van der Waals surface area contributed by atoms with Crippen LogP contribution in [0.5, 0.6) is 0 Å². The summed E-state index contributed by atoms with van der Waals surface area (Å²) in [6.45, 7) is 8.50. The first-order chi connectivity index (χ1) is 7.84. The minimum absolute atomic E-state index is 0.0224. The highest BCUT2D eigenvalue weighted by Crippen LogP contribution is 2.21. The lowest BCUT2D eigenvalue weighted by atomic mass is 9.89. The summed E-state index contributed by atoms with van der Waals surface area (Å²) in [5, 5.41) is 2.95. The van der Waals surface area contributed by atoms with Gasteiger partial charge in [0.2, 0.25) is 5.91 Å². The van der Waals surface area contributed by atoms with E-state index in [1.807, 2.05) is 45.9 Å². The highest BCUT2D eigenvalue weighted by Gasteiger charge is 2.20. The summed E-state index contributed by atoms with van der Waals surface area (Å²) < 4.78 is 0. The van der Waals surface area contributed by atoms with Gasteiger partial charge in [-0.3, -0.25) is 4.79 Å². The Morgan fingerprint density at radius 3 is 2.59 bits per heavy atom. The molecule has 1 aromatic carbocycles. The van der Waals surface area contributed by atoms with Crippen LogP contribution in [0.1, 0.15) is 31.4 Å². The molecule has 0 aromatic heterocycles. The van der Waals surface area contributed by atoms with Crippen molar-refractivity contribution in [2.24, 2.45) is 11.1 Å².